The summed E-state index contributed by atoms with van der Waals surface area (Å²) in [5.74, 6) is 0.233. The molecule has 1 heterocycles. The molecular formula is C15H22BrClN2O. The minimum absolute atomic E-state index is 0. The third-order valence-electron chi connectivity index (χ3n) is 3.63. The van der Waals surface area contributed by atoms with Crippen LogP contribution in [0.15, 0.2) is 28.7 Å². The summed E-state index contributed by atoms with van der Waals surface area (Å²) in [5.41, 5.74) is 1.26. The van der Waals surface area contributed by atoms with Crippen LogP contribution in [0.25, 0.3) is 0 Å². The first-order chi connectivity index (χ1) is 9.16. The number of carbonyl (C=O) groups excluding carboxylic acids is 1. The Balaban J connectivity index is 0.00000200. The van der Waals surface area contributed by atoms with Crippen LogP contribution in [0, 0.1) is 0 Å². The maximum Gasteiger partial charge on any atom is 0.239 e. The molecule has 3 nitrogen and oxygen atoms in total. The number of hydrogen-bond acceptors (Lipinski definition) is 2. The molecule has 2 rings (SSSR count). The molecule has 1 saturated heterocycles. The Morgan fingerprint density at radius 1 is 1.35 bits per heavy atom. The highest BCUT2D eigenvalue weighted by Crippen LogP contribution is 2.12. The molecule has 5 heteroatoms. The van der Waals surface area contributed by atoms with Gasteiger partial charge >= 0.3 is 0 Å². The van der Waals surface area contributed by atoms with Gasteiger partial charge in [-0.15, -0.1) is 12.4 Å². The largest absolute Gasteiger partial charge is 0.344 e. The van der Waals surface area contributed by atoms with Gasteiger partial charge in [-0.3, -0.25) is 4.79 Å². The average molecular weight is 362 g/mol. The van der Waals surface area contributed by atoms with Crippen LogP contribution in [-0.4, -0.2) is 37.0 Å². The Morgan fingerprint density at radius 2 is 2.05 bits per heavy atom. The first-order valence-electron chi connectivity index (χ1n) is 6.89. The lowest BCUT2D eigenvalue weighted by Crippen LogP contribution is -2.47. The number of carbonyl (C=O) groups is 1. The van der Waals surface area contributed by atoms with Crippen LogP contribution < -0.4 is 5.32 Å². The summed E-state index contributed by atoms with van der Waals surface area (Å²) in [6.07, 6.45) is 4.22. The summed E-state index contributed by atoms with van der Waals surface area (Å²) in [5, 5.41) is 3.31. The second-order valence-corrected chi connectivity index (χ2v) is 6.05. The topological polar surface area (TPSA) is 32.3 Å². The van der Waals surface area contributed by atoms with Crippen molar-refractivity contribution in [2.24, 2.45) is 0 Å². The van der Waals surface area contributed by atoms with Crippen molar-refractivity contribution in [3.8, 4) is 0 Å². The highest BCUT2D eigenvalue weighted by atomic mass is 79.9. The van der Waals surface area contributed by atoms with E-state index >= 15 is 0 Å². The number of likely N-dealkylation sites (N-methyl/N-ethyl adjacent to an activating group) is 1. The van der Waals surface area contributed by atoms with Crippen molar-refractivity contribution in [1.29, 1.82) is 0 Å². The lowest BCUT2D eigenvalue weighted by Gasteiger charge is -2.27. The van der Waals surface area contributed by atoms with Crippen molar-refractivity contribution >= 4 is 34.2 Å². The predicted octanol–water partition coefficient (Wildman–Crippen LogP) is 3.01. The molecule has 0 aromatic heterocycles. The van der Waals surface area contributed by atoms with Gasteiger partial charge in [-0.05, 0) is 43.5 Å². The molecule has 1 aliphatic heterocycles. The molecule has 1 atom stereocenters. The van der Waals surface area contributed by atoms with E-state index in [4.69, 9.17) is 0 Å². The Bertz CT molecular complexity index is 418. The van der Waals surface area contributed by atoms with E-state index < -0.39 is 0 Å². The fourth-order valence-corrected chi connectivity index (χ4v) is 2.65. The quantitative estimate of drug-likeness (QED) is 0.894. The first kappa shape index (κ1) is 17.5. The lowest BCUT2D eigenvalue weighted by molar-refractivity contribution is -0.132. The maximum atomic E-state index is 12.2. The van der Waals surface area contributed by atoms with Crippen LogP contribution in [0.3, 0.4) is 0 Å². The Labute approximate surface area is 135 Å². The molecule has 20 heavy (non-hydrogen) atoms. The molecule has 1 N–H and O–H groups in total. The number of amides is 1. The number of rotatable bonds is 4. The molecule has 1 fully saturated rings. The summed E-state index contributed by atoms with van der Waals surface area (Å²) in [4.78, 5) is 14.1. The number of halogens is 2. The van der Waals surface area contributed by atoms with E-state index in [1.807, 2.05) is 24.1 Å². The van der Waals surface area contributed by atoms with Crippen LogP contribution in [0.1, 0.15) is 24.8 Å². The smallest absolute Gasteiger partial charge is 0.239 e. The van der Waals surface area contributed by atoms with Crippen LogP contribution in [0.4, 0.5) is 0 Å². The van der Waals surface area contributed by atoms with Gasteiger partial charge in [-0.2, -0.15) is 0 Å². The fourth-order valence-electron chi connectivity index (χ4n) is 2.39. The van der Waals surface area contributed by atoms with Crippen LogP contribution in [0.2, 0.25) is 0 Å². The second-order valence-electron chi connectivity index (χ2n) is 5.14. The molecular weight excluding hydrogens is 340 g/mol. The molecule has 1 unspecified atom stereocenters. The Morgan fingerprint density at radius 3 is 2.65 bits per heavy atom. The van der Waals surface area contributed by atoms with E-state index in [1.165, 1.54) is 12.0 Å². The van der Waals surface area contributed by atoms with Crippen LogP contribution >= 0.6 is 28.3 Å². The summed E-state index contributed by atoms with van der Waals surface area (Å²) in [6, 6.07) is 8.31. The fraction of sp³-hybridized carbons (Fsp3) is 0.533. The van der Waals surface area contributed by atoms with Gasteiger partial charge in [0.1, 0.15) is 0 Å². The third-order valence-corrected chi connectivity index (χ3v) is 4.16. The zero-order valence-corrected chi connectivity index (χ0v) is 14.2. The van der Waals surface area contributed by atoms with Gasteiger partial charge in [0.25, 0.3) is 0 Å². The third kappa shape index (κ3) is 5.08. The molecule has 1 aliphatic rings. The van der Waals surface area contributed by atoms with Crippen molar-refractivity contribution in [3.05, 3.63) is 34.3 Å². The summed E-state index contributed by atoms with van der Waals surface area (Å²) >= 11 is 3.43. The van der Waals surface area contributed by atoms with Crippen molar-refractivity contribution in [2.75, 3.05) is 20.1 Å². The summed E-state index contributed by atoms with van der Waals surface area (Å²) in [6.45, 7) is 1.75. The van der Waals surface area contributed by atoms with E-state index in [9.17, 15) is 4.79 Å². The van der Waals surface area contributed by atoms with E-state index in [0.717, 1.165) is 36.8 Å². The zero-order valence-electron chi connectivity index (χ0n) is 11.8. The molecule has 0 bridgehead atoms. The Hall–Kier alpha value is -0.580. The highest BCUT2D eigenvalue weighted by Gasteiger charge is 2.23. The molecule has 1 aromatic rings. The van der Waals surface area contributed by atoms with E-state index in [0.29, 0.717) is 0 Å². The minimum Gasteiger partial charge on any atom is -0.344 e. The van der Waals surface area contributed by atoms with Gasteiger partial charge in [0, 0.05) is 18.1 Å². The average Bonchev–Trinajstić information content (AvgIpc) is 2.46. The van der Waals surface area contributed by atoms with Gasteiger partial charge in [-0.25, -0.2) is 0 Å². The number of benzene rings is 1. The first-order valence-corrected chi connectivity index (χ1v) is 7.69. The number of nitrogens with one attached hydrogen (secondary N) is 1. The predicted molar refractivity (Wildman–Crippen MR) is 88.4 cm³/mol. The van der Waals surface area contributed by atoms with Crippen molar-refractivity contribution in [1.82, 2.24) is 10.2 Å². The van der Waals surface area contributed by atoms with Gasteiger partial charge in [-0.1, -0.05) is 34.5 Å². The monoisotopic (exact) mass is 360 g/mol. The Kier molecular flexibility index (Phi) is 7.56. The molecule has 0 radical (unpaired) electrons. The van der Waals surface area contributed by atoms with E-state index in [1.54, 1.807) is 0 Å². The molecule has 112 valence electrons. The van der Waals surface area contributed by atoms with Gasteiger partial charge in [0.2, 0.25) is 5.91 Å². The number of piperidine rings is 1. The van der Waals surface area contributed by atoms with Crippen molar-refractivity contribution in [2.45, 2.75) is 31.7 Å². The zero-order chi connectivity index (χ0) is 13.7. The van der Waals surface area contributed by atoms with Gasteiger partial charge in [0.05, 0.1) is 6.04 Å². The van der Waals surface area contributed by atoms with Crippen LogP contribution in [-0.2, 0) is 11.2 Å². The molecule has 0 aliphatic carbocycles. The molecule has 1 amide bonds. The maximum absolute atomic E-state index is 12.2. The standard InChI is InChI=1S/C15H21BrN2O.ClH/c1-18(15(19)14-4-2-3-10-17-14)11-9-12-5-7-13(16)8-6-12;/h5-8,14,17H,2-4,9-11H2,1H3;1H. The van der Waals surface area contributed by atoms with Gasteiger partial charge in [0.15, 0.2) is 0 Å². The molecule has 0 saturated carbocycles. The van der Waals surface area contributed by atoms with Gasteiger partial charge < -0.3 is 10.2 Å². The van der Waals surface area contributed by atoms with Crippen LogP contribution in [0.5, 0.6) is 0 Å². The van der Waals surface area contributed by atoms with Crippen molar-refractivity contribution < 1.29 is 4.79 Å². The summed E-state index contributed by atoms with van der Waals surface area (Å²) < 4.78 is 1.09. The molecule has 1 aromatic carbocycles. The normalized spacial score (nSPS) is 18.2. The SMILES string of the molecule is CN(CCc1ccc(Br)cc1)C(=O)C1CCCCN1.Cl. The highest BCUT2D eigenvalue weighted by molar-refractivity contribution is 9.10. The number of nitrogens with zero attached hydrogens (tertiary/aromatic N) is 1. The van der Waals surface area contributed by atoms with Crippen molar-refractivity contribution in [3.63, 3.8) is 0 Å². The van der Waals surface area contributed by atoms with E-state index in [2.05, 4.69) is 33.4 Å². The summed E-state index contributed by atoms with van der Waals surface area (Å²) in [7, 11) is 1.90. The second kappa shape index (κ2) is 8.65. The molecule has 0 spiro atoms. The number of hydrogen-bond donors (Lipinski definition) is 1. The lowest BCUT2D eigenvalue weighted by atomic mass is 10.0. The minimum atomic E-state index is 0. The van der Waals surface area contributed by atoms with E-state index in [-0.39, 0.29) is 24.4 Å².